The number of benzene rings is 1. The predicted octanol–water partition coefficient (Wildman–Crippen LogP) is 2.67. The van der Waals surface area contributed by atoms with Crippen LogP contribution in [0.4, 0.5) is 0 Å². The molecule has 0 radical (unpaired) electrons. The van der Waals surface area contributed by atoms with Gasteiger partial charge in [-0.25, -0.2) is 0 Å². The summed E-state index contributed by atoms with van der Waals surface area (Å²) in [5, 5.41) is 0. The molecule has 1 aromatic rings. The molecule has 1 aromatic carbocycles. The van der Waals surface area contributed by atoms with Gasteiger partial charge in [-0.3, -0.25) is 0 Å². The maximum atomic E-state index is 5.67. The van der Waals surface area contributed by atoms with Crippen LogP contribution in [-0.2, 0) is 0 Å². The smallest absolute Gasteiger partial charge is 0.126 e. The largest absolute Gasteiger partial charge is 0.496 e. The second-order valence-corrected chi connectivity index (χ2v) is 3.90. The summed E-state index contributed by atoms with van der Waals surface area (Å²) in [6.45, 7) is 6.12. The fraction of sp³-hybridized carbons (Fsp3) is 0.385. The van der Waals surface area contributed by atoms with E-state index in [4.69, 9.17) is 10.5 Å². The van der Waals surface area contributed by atoms with Crippen LogP contribution in [0.25, 0.3) is 6.08 Å². The van der Waals surface area contributed by atoms with E-state index in [2.05, 4.69) is 26.0 Å². The highest BCUT2D eigenvalue weighted by Crippen LogP contribution is 2.24. The van der Waals surface area contributed by atoms with Gasteiger partial charge in [0.1, 0.15) is 5.75 Å². The maximum absolute atomic E-state index is 5.67. The quantitative estimate of drug-likeness (QED) is 0.823. The molecule has 0 aliphatic heterocycles. The number of hydrogen-bond donors (Lipinski definition) is 1. The number of nitrogens with two attached hydrogens (primary N) is 1. The highest BCUT2D eigenvalue weighted by molar-refractivity contribution is 5.60. The fourth-order valence-corrected chi connectivity index (χ4v) is 1.37. The Labute approximate surface area is 91.7 Å². The summed E-state index contributed by atoms with van der Waals surface area (Å²) in [5.41, 5.74) is 9.26. The van der Waals surface area contributed by atoms with Crippen LogP contribution in [0.3, 0.4) is 0 Å². The van der Waals surface area contributed by atoms with E-state index >= 15 is 0 Å². The molecule has 2 nitrogen and oxygen atoms in total. The molecule has 0 amide bonds. The zero-order valence-corrected chi connectivity index (χ0v) is 9.87. The summed E-state index contributed by atoms with van der Waals surface area (Å²) in [6, 6.07) is 4.24. The molecule has 2 N–H and O–H groups in total. The third-order valence-corrected chi connectivity index (χ3v) is 2.43. The Balaban J connectivity index is 3.10. The van der Waals surface area contributed by atoms with Crippen molar-refractivity contribution in [2.75, 3.05) is 7.11 Å². The Morgan fingerprint density at radius 3 is 2.40 bits per heavy atom. The lowest BCUT2D eigenvalue weighted by atomic mass is 10.0. The minimum atomic E-state index is 0.0660. The van der Waals surface area contributed by atoms with Crippen molar-refractivity contribution in [2.24, 2.45) is 5.73 Å². The first-order valence-corrected chi connectivity index (χ1v) is 5.13. The molecular formula is C13H19NO. The number of aryl methyl sites for hydroxylation is 2. The molecule has 0 aromatic heterocycles. The van der Waals surface area contributed by atoms with E-state index in [-0.39, 0.29) is 6.04 Å². The van der Waals surface area contributed by atoms with Crippen molar-refractivity contribution < 1.29 is 4.74 Å². The lowest BCUT2D eigenvalue weighted by Gasteiger charge is -2.09. The van der Waals surface area contributed by atoms with E-state index in [1.807, 2.05) is 19.1 Å². The second kappa shape index (κ2) is 4.99. The molecular weight excluding hydrogens is 186 g/mol. The van der Waals surface area contributed by atoms with Crippen LogP contribution in [0.15, 0.2) is 18.2 Å². The lowest BCUT2D eigenvalue weighted by molar-refractivity contribution is 0.413. The number of rotatable bonds is 3. The van der Waals surface area contributed by atoms with E-state index < -0.39 is 0 Å². The Kier molecular flexibility index (Phi) is 3.92. The van der Waals surface area contributed by atoms with E-state index in [1.165, 1.54) is 11.1 Å². The minimum absolute atomic E-state index is 0.0660. The SMILES string of the molecule is COc1cc(C)c(C)cc1/C=C/C(C)N. The fourth-order valence-electron chi connectivity index (χ4n) is 1.37. The standard InChI is InChI=1S/C13H19NO/c1-9-7-12(6-5-11(3)14)13(15-4)8-10(9)2/h5-8,11H,14H2,1-4H3/b6-5+. The maximum Gasteiger partial charge on any atom is 0.126 e. The van der Waals surface area contributed by atoms with Gasteiger partial charge >= 0.3 is 0 Å². The van der Waals surface area contributed by atoms with Crippen molar-refractivity contribution in [1.82, 2.24) is 0 Å². The zero-order chi connectivity index (χ0) is 11.4. The molecule has 0 spiro atoms. The Morgan fingerprint density at radius 2 is 1.87 bits per heavy atom. The molecule has 2 heteroatoms. The molecule has 0 bridgehead atoms. The number of ether oxygens (including phenoxy) is 1. The summed E-state index contributed by atoms with van der Waals surface area (Å²) < 4.78 is 5.32. The predicted molar refractivity (Wildman–Crippen MR) is 65.2 cm³/mol. The molecule has 0 fully saturated rings. The van der Waals surface area contributed by atoms with Crippen molar-refractivity contribution in [3.05, 3.63) is 34.9 Å². The summed E-state index contributed by atoms with van der Waals surface area (Å²) in [7, 11) is 1.69. The van der Waals surface area contributed by atoms with Crippen molar-refractivity contribution >= 4 is 6.08 Å². The van der Waals surface area contributed by atoms with E-state index in [0.717, 1.165) is 11.3 Å². The van der Waals surface area contributed by atoms with Crippen molar-refractivity contribution in [2.45, 2.75) is 26.8 Å². The molecule has 0 heterocycles. The molecule has 0 saturated carbocycles. The third kappa shape index (κ3) is 3.10. The average Bonchev–Trinajstić information content (AvgIpc) is 2.19. The van der Waals surface area contributed by atoms with Crippen LogP contribution in [0.2, 0.25) is 0 Å². The first-order valence-electron chi connectivity index (χ1n) is 5.13. The van der Waals surface area contributed by atoms with Gasteiger partial charge in [-0.1, -0.05) is 12.2 Å². The van der Waals surface area contributed by atoms with Crippen LogP contribution in [0.1, 0.15) is 23.6 Å². The van der Waals surface area contributed by atoms with Gasteiger partial charge in [-0.2, -0.15) is 0 Å². The van der Waals surface area contributed by atoms with Gasteiger partial charge in [0.05, 0.1) is 7.11 Å². The third-order valence-electron chi connectivity index (χ3n) is 2.43. The first kappa shape index (κ1) is 11.8. The van der Waals surface area contributed by atoms with Gasteiger partial charge in [0.25, 0.3) is 0 Å². The summed E-state index contributed by atoms with van der Waals surface area (Å²) >= 11 is 0. The minimum Gasteiger partial charge on any atom is -0.496 e. The van der Waals surface area contributed by atoms with Gasteiger partial charge < -0.3 is 10.5 Å². The van der Waals surface area contributed by atoms with Gasteiger partial charge in [-0.15, -0.1) is 0 Å². The van der Waals surface area contributed by atoms with Crippen LogP contribution in [0.5, 0.6) is 5.75 Å². The molecule has 0 aliphatic carbocycles. The average molecular weight is 205 g/mol. The molecule has 0 aliphatic rings. The van der Waals surface area contributed by atoms with Gasteiger partial charge in [0.15, 0.2) is 0 Å². The van der Waals surface area contributed by atoms with Crippen LogP contribution >= 0.6 is 0 Å². The summed E-state index contributed by atoms with van der Waals surface area (Å²) in [6.07, 6.45) is 3.97. The van der Waals surface area contributed by atoms with Crippen LogP contribution in [0, 0.1) is 13.8 Å². The van der Waals surface area contributed by atoms with E-state index in [9.17, 15) is 0 Å². The van der Waals surface area contributed by atoms with Crippen LogP contribution in [-0.4, -0.2) is 13.2 Å². The molecule has 1 unspecified atom stereocenters. The molecule has 0 saturated heterocycles. The number of methoxy groups -OCH3 is 1. The normalized spacial score (nSPS) is 13.1. The van der Waals surface area contributed by atoms with Gasteiger partial charge in [0, 0.05) is 11.6 Å². The van der Waals surface area contributed by atoms with Gasteiger partial charge in [0.2, 0.25) is 0 Å². The summed E-state index contributed by atoms with van der Waals surface area (Å²) in [5.74, 6) is 0.898. The van der Waals surface area contributed by atoms with Crippen molar-refractivity contribution in [3.8, 4) is 5.75 Å². The monoisotopic (exact) mass is 205 g/mol. The summed E-state index contributed by atoms with van der Waals surface area (Å²) in [4.78, 5) is 0. The van der Waals surface area contributed by atoms with Crippen molar-refractivity contribution in [3.63, 3.8) is 0 Å². The topological polar surface area (TPSA) is 35.2 Å². The second-order valence-electron chi connectivity index (χ2n) is 3.90. The Hall–Kier alpha value is -1.28. The molecule has 1 rings (SSSR count). The first-order chi connectivity index (χ1) is 7.04. The van der Waals surface area contributed by atoms with Crippen LogP contribution < -0.4 is 10.5 Å². The highest BCUT2D eigenvalue weighted by atomic mass is 16.5. The lowest BCUT2D eigenvalue weighted by Crippen LogP contribution is -2.10. The van der Waals surface area contributed by atoms with Crippen molar-refractivity contribution in [1.29, 1.82) is 0 Å². The molecule has 1 atom stereocenters. The van der Waals surface area contributed by atoms with E-state index in [0.29, 0.717) is 0 Å². The Morgan fingerprint density at radius 1 is 1.27 bits per heavy atom. The highest BCUT2D eigenvalue weighted by Gasteiger charge is 2.02. The number of hydrogen-bond acceptors (Lipinski definition) is 2. The zero-order valence-electron chi connectivity index (χ0n) is 9.87. The molecule has 15 heavy (non-hydrogen) atoms. The molecule has 82 valence electrons. The Bertz CT molecular complexity index is 367. The van der Waals surface area contributed by atoms with E-state index in [1.54, 1.807) is 7.11 Å². The van der Waals surface area contributed by atoms with Gasteiger partial charge in [-0.05, 0) is 44.0 Å².